The predicted octanol–water partition coefficient (Wildman–Crippen LogP) is 2.27. The van der Waals surface area contributed by atoms with Gasteiger partial charge in [0.15, 0.2) is 0 Å². The van der Waals surface area contributed by atoms with Gasteiger partial charge in [0.2, 0.25) is 0 Å². The minimum absolute atomic E-state index is 0.654. The zero-order valence-corrected chi connectivity index (χ0v) is 12.2. The van der Waals surface area contributed by atoms with Crippen LogP contribution < -0.4 is 16.6 Å². The van der Waals surface area contributed by atoms with Gasteiger partial charge in [-0.25, -0.2) is 15.8 Å². The quantitative estimate of drug-likeness (QED) is 0.496. The number of nitrogens with one attached hydrogen (secondary N) is 2. The third-order valence-electron chi connectivity index (χ3n) is 2.65. The van der Waals surface area contributed by atoms with E-state index in [9.17, 15) is 0 Å². The molecule has 1 heterocycles. The fourth-order valence-electron chi connectivity index (χ4n) is 1.52. The fourth-order valence-corrected chi connectivity index (χ4v) is 1.87. The van der Waals surface area contributed by atoms with Gasteiger partial charge in [0, 0.05) is 24.3 Å². The van der Waals surface area contributed by atoms with E-state index < -0.39 is 0 Å². The van der Waals surface area contributed by atoms with Gasteiger partial charge in [-0.3, -0.25) is 0 Å². The largest absolute Gasteiger partial charge is 0.370 e. The normalized spacial score (nSPS) is 12.2. The van der Waals surface area contributed by atoms with Crippen LogP contribution in [0.25, 0.3) is 0 Å². The first-order chi connectivity index (χ1) is 8.69. The first kappa shape index (κ1) is 15.0. The Morgan fingerprint density at radius 3 is 2.72 bits per heavy atom. The van der Waals surface area contributed by atoms with Crippen molar-refractivity contribution in [3.8, 4) is 0 Å². The summed E-state index contributed by atoms with van der Waals surface area (Å²) in [5.74, 6) is 7.74. The summed E-state index contributed by atoms with van der Waals surface area (Å²) in [4.78, 5) is 8.78. The van der Waals surface area contributed by atoms with Crippen molar-refractivity contribution in [2.45, 2.75) is 38.4 Å². The molecule has 0 saturated carbocycles. The zero-order valence-electron chi connectivity index (χ0n) is 11.4. The topological polar surface area (TPSA) is 75.9 Å². The first-order valence-corrected chi connectivity index (χ1v) is 7.59. The molecule has 6 heteroatoms. The molecular formula is C12H23N5S. The highest BCUT2D eigenvalue weighted by Crippen LogP contribution is 2.13. The monoisotopic (exact) mass is 269 g/mol. The van der Waals surface area contributed by atoms with E-state index in [4.69, 9.17) is 5.84 Å². The molecule has 4 N–H and O–H groups in total. The van der Waals surface area contributed by atoms with Gasteiger partial charge in [0.05, 0.1) is 0 Å². The summed E-state index contributed by atoms with van der Waals surface area (Å²) >= 11 is 1.87. The second-order valence-electron chi connectivity index (χ2n) is 4.21. The van der Waals surface area contributed by atoms with Gasteiger partial charge in [0.25, 0.3) is 0 Å². The fraction of sp³-hybridized carbons (Fsp3) is 0.667. The Morgan fingerprint density at radius 1 is 1.39 bits per heavy atom. The summed E-state index contributed by atoms with van der Waals surface area (Å²) in [5, 5.41) is 3.98. The molecular weight excluding hydrogens is 246 g/mol. The van der Waals surface area contributed by atoms with Gasteiger partial charge in [-0.15, -0.1) is 0 Å². The van der Waals surface area contributed by atoms with E-state index in [-0.39, 0.29) is 0 Å². The average molecular weight is 269 g/mol. The Hall–Kier alpha value is -1.01. The van der Waals surface area contributed by atoms with Crippen molar-refractivity contribution in [2.24, 2.45) is 5.84 Å². The van der Waals surface area contributed by atoms with Crippen molar-refractivity contribution in [1.29, 1.82) is 0 Å². The number of hydrogen-bond donors (Lipinski definition) is 3. The van der Waals surface area contributed by atoms with Gasteiger partial charge < -0.3 is 10.7 Å². The minimum Gasteiger partial charge on any atom is -0.370 e. The molecule has 0 aliphatic rings. The first-order valence-electron chi connectivity index (χ1n) is 6.30. The van der Waals surface area contributed by atoms with Crippen LogP contribution >= 0.6 is 11.8 Å². The number of nitrogen functional groups attached to an aromatic ring is 1. The second kappa shape index (κ2) is 8.16. The predicted molar refractivity (Wildman–Crippen MR) is 79.9 cm³/mol. The highest BCUT2D eigenvalue weighted by atomic mass is 32.2. The average Bonchev–Trinajstić information content (AvgIpc) is 2.38. The summed E-state index contributed by atoms with van der Waals surface area (Å²) in [6, 6.07) is 1.84. The zero-order chi connectivity index (χ0) is 13.4. The van der Waals surface area contributed by atoms with Crippen LogP contribution in [0.1, 0.15) is 32.5 Å². The molecule has 0 saturated heterocycles. The number of aromatic nitrogens is 2. The van der Waals surface area contributed by atoms with Crippen molar-refractivity contribution >= 4 is 23.4 Å². The molecule has 0 aliphatic heterocycles. The molecule has 0 bridgehead atoms. The second-order valence-corrected chi connectivity index (χ2v) is 5.49. The summed E-state index contributed by atoms with van der Waals surface area (Å²) < 4.78 is 0. The SMILES string of the molecule is CCCc1nc(NN)cc(NCCC(C)SC)n1. The lowest BCUT2D eigenvalue weighted by molar-refractivity contribution is 0.821. The Morgan fingerprint density at radius 2 is 2.11 bits per heavy atom. The van der Waals surface area contributed by atoms with E-state index >= 15 is 0 Å². The molecule has 0 amide bonds. The smallest absolute Gasteiger partial charge is 0.145 e. The van der Waals surface area contributed by atoms with Crippen LogP contribution in [-0.2, 0) is 6.42 Å². The molecule has 0 spiro atoms. The molecule has 5 nitrogen and oxygen atoms in total. The highest BCUT2D eigenvalue weighted by molar-refractivity contribution is 7.99. The molecule has 1 aromatic heterocycles. The summed E-state index contributed by atoms with van der Waals surface area (Å²) in [6.45, 7) is 5.25. The maximum atomic E-state index is 5.41. The van der Waals surface area contributed by atoms with Crippen molar-refractivity contribution < 1.29 is 0 Å². The number of aryl methyl sites for hydroxylation is 1. The number of nitrogens with zero attached hydrogens (tertiary/aromatic N) is 2. The Bertz CT molecular complexity index is 358. The van der Waals surface area contributed by atoms with Crippen molar-refractivity contribution in [3.63, 3.8) is 0 Å². The van der Waals surface area contributed by atoms with Gasteiger partial charge in [-0.05, 0) is 19.1 Å². The van der Waals surface area contributed by atoms with Gasteiger partial charge in [-0.1, -0.05) is 13.8 Å². The van der Waals surface area contributed by atoms with Crippen molar-refractivity contribution in [1.82, 2.24) is 9.97 Å². The van der Waals surface area contributed by atoms with E-state index in [1.807, 2.05) is 17.8 Å². The maximum Gasteiger partial charge on any atom is 0.145 e. The number of hydrazine groups is 1. The van der Waals surface area contributed by atoms with E-state index in [0.717, 1.165) is 37.4 Å². The standard InChI is InChI=1S/C12H23N5S/c1-4-5-10-15-11(8-12(16-10)17-13)14-7-6-9(2)18-3/h8-9H,4-7,13H2,1-3H3,(H2,14,15,16,17). The highest BCUT2D eigenvalue weighted by Gasteiger charge is 2.04. The molecule has 0 radical (unpaired) electrons. The Kier molecular flexibility index (Phi) is 6.82. The number of rotatable bonds is 8. The number of thioether (sulfide) groups is 1. The lowest BCUT2D eigenvalue weighted by Gasteiger charge is -2.11. The molecule has 102 valence electrons. The molecule has 1 rings (SSSR count). The number of nitrogens with two attached hydrogens (primary N) is 1. The molecule has 18 heavy (non-hydrogen) atoms. The van der Waals surface area contributed by atoms with Crippen molar-refractivity contribution in [3.05, 3.63) is 11.9 Å². The van der Waals surface area contributed by atoms with Crippen LogP contribution in [0.5, 0.6) is 0 Å². The molecule has 1 aromatic rings. The van der Waals surface area contributed by atoms with Crippen LogP contribution in [0.2, 0.25) is 0 Å². The van der Waals surface area contributed by atoms with E-state index in [2.05, 4.69) is 40.8 Å². The van der Waals surface area contributed by atoms with E-state index in [1.54, 1.807) is 0 Å². The third-order valence-corrected chi connectivity index (χ3v) is 3.69. The van der Waals surface area contributed by atoms with Gasteiger partial charge in [-0.2, -0.15) is 11.8 Å². The van der Waals surface area contributed by atoms with E-state index in [0.29, 0.717) is 11.1 Å². The molecule has 1 atom stereocenters. The lowest BCUT2D eigenvalue weighted by atomic mass is 10.3. The molecule has 0 aromatic carbocycles. The minimum atomic E-state index is 0.654. The van der Waals surface area contributed by atoms with Crippen molar-refractivity contribution in [2.75, 3.05) is 23.5 Å². The molecule has 1 unspecified atom stereocenters. The Balaban J connectivity index is 2.60. The van der Waals surface area contributed by atoms with Crippen LogP contribution in [0.15, 0.2) is 6.07 Å². The van der Waals surface area contributed by atoms with Crippen LogP contribution in [-0.4, -0.2) is 28.0 Å². The lowest BCUT2D eigenvalue weighted by Crippen LogP contribution is -2.14. The maximum absolute atomic E-state index is 5.41. The molecule has 0 fully saturated rings. The van der Waals surface area contributed by atoms with Crippen LogP contribution in [0, 0.1) is 0 Å². The summed E-state index contributed by atoms with van der Waals surface area (Å²) in [6.07, 6.45) is 5.13. The third kappa shape index (κ3) is 5.10. The Labute approximate surface area is 113 Å². The van der Waals surface area contributed by atoms with Gasteiger partial charge in [0.1, 0.15) is 17.5 Å². The molecule has 0 aliphatic carbocycles. The van der Waals surface area contributed by atoms with Crippen LogP contribution in [0.4, 0.5) is 11.6 Å². The summed E-state index contributed by atoms with van der Waals surface area (Å²) in [5.41, 5.74) is 2.58. The number of hydrogen-bond acceptors (Lipinski definition) is 6. The van der Waals surface area contributed by atoms with E-state index in [1.165, 1.54) is 0 Å². The number of anilines is 2. The van der Waals surface area contributed by atoms with Crippen LogP contribution in [0.3, 0.4) is 0 Å². The van der Waals surface area contributed by atoms with Gasteiger partial charge >= 0.3 is 0 Å². The summed E-state index contributed by atoms with van der Waals surface area (Å²) in [7, 11) is 0.